The summed E-state index contributed by atoms with van der Waals surface area (Å²) in [6.45, 7) is 1.45. The zero-order valence-electron chi connectivity index (χ0n) is 15.5. The maximum Gasteiger partial charge on any atom is 0.341 e. The van der Waals surface area contributed by atoms with Crippen LogP contribution in [0, 0.1) is 6.92 Å². The summed E-state index contributed by atoms with van der Waals surface area (Å²) in [5.74, 6) is -1.52. The number of anilines is 1. The topological polar surface area (TPSA) is 105 Å². The Morgan fingerprint density at radius 1 is 1.04 bits per heavy atom. The number of nitrogens with one attached hydrogen (secondary N) is 1. The molecule has 0 aliphatic carbocycles. The van der Waals surface area contributed by atoms with Crippen molar-refractivity contribution in [3.63, 3.8) is 0 Å². The predicted octanol–water partition coefficient (Wildman–Crippen LogP) is 2.54. The van der Waals surface area contributed by atoms with Gasteiger partial charge in [0.15, 0.2) is 6.61 Å². The minimum atomic E-state index is -0.578. The summed E-state index contributed by atoms with van der Waals surface area (Å²) < 4.78 is 5.28. The molecule has 0 unspecified atom stereocenters. The van der Waals surface area contributed by atoms with Gasteiger partial charge in [0.2, 0.25) is 5.91 Å². The number of esters is 1. The molecule has 3 aromatic rings. The number of hydrogen-bond donors (Lipinski definition) is 2. The van der Waals surface area contributed by atoms with Crippen molar-refractivity contribution >= 4 is 34.4 Å². The van der Waals surface area contributed by atoms with Crippen LogP contribution >= 0.6 is 0 Å². The Kier molecular flexibility index (Phi) is 5.74. The third-order valence-electron chi connectivity index (χ3n) is 4.38. The summed E-state index contributed by atoms with van der Waals surface area (Å²) >= 11 is 0. The van der Waals surface area contributed by atoms with Crippen molar-refractivity contribution in [1.82, 2.24) is 4.98 Å². The molecule has 3 N–H and O–H groups in total. The van der Waals surface area contributed by atoms with E-state index in [4.69, 9.17) is 10.5 Å². The van der Waals surface area contributed by atoms with Crippen molar-refractivity contribution < 1.29 is 19.1 Å². The molecule has 1 aromatic heterocycles. The Balaban J connectivity index is 1.73. The summed E-state index contributed by atoms with van der Waals surface area (Å²) in [4.78, 5) is 40.9. The van der Waals surface area contributed by atoms with Gasteiger partial charge in [-0.15, -0.1) is 0 Å². The van der Waals surface area contributed by atoms with Gasteiger partial charge in [0.1, 0.15) is 0 Å². The zero-order chi connectivity index (χ0) is 20.1. The number of nitrogens with two attached hydrogens (primary N) is 1. The lowest BCUT2D eigenvalue weighted by Gasteiger charge is -2.22. The second kappa shape index (κ2) is 8.39. The number of amides is 2. The van der Waals surface area contributed by atoms with Crippen LogP contribution in [-0.2, 0) is 14.3 Å². The van der Waals surface area contributed by atoms with Gasteiger partial charge >= 0.3 is 5.97 Å². The first-order valence-corrected chi connectivity index (χ1v) is 8.85. The number of carbonyl (C=O) groups excluding carboxylic acids is 3. The summed E-state index contributed by atoms with van der Waals surface area (Å²) in [7, 11) is 0. The van der Waals surface area contributed by atoms with Crippen molar-refractivity contribution in [3.05, 3.63) is 65.9 Å². The molecule has 28 heavy (non-hydrogen) atoms. The van der Waals surface area contributed by atoms with Crippen molar-refractivity contribution in [1.29, 1.82) is 0 Å². The molecule has 0 aliphatic heterocycles. The molecule has 0 aliphatic rings. The largest absolute Gasteiger partial charge is 0.452 e. The summed E-state index contributed by atoms with van der Waals surface area (Å²) in [6, 6.07) is 16.2. The number of ether oxygens (including phenoxy) is 1. The molecule has 0 atom stereocenters. The second-order valence-electron chi connectivity index (χ2n) is 6.34. The number of nitrogens with zero attached hydrogens (tertiary/aromatic N) is 1. The molecule has 0 spiro atoms. The summed E-state index contributed by atoms with van der Waals surface area (Å²) in [5.41, 5.74) is 7.72. The third kappa shape index (κ3) is 4.20. The highest BCUT2D eigenvalue weighted by Crippen LogP contribution is 2.22. The fraction of sp³-hybridized carbons (Fsp3) is 0.190. The lowest BCUT2D eigenvalue weighted by molar-refractivity contribution is -0.121. The number of aromatic nitrogens is 1. The summed E-state index contributed by atoms with van der Waals surface area (Å²) in [6.07, 6.45) is 0.0101. The first-order valence-electron chi connectivity index (χ1n) is 8.85. The van der Waals surface area contributed by atoms with Gasteiger partial charge in [0, 0.05) is 35.2 Å². The molecule has 7 nitrogen and oxygen atoms in total. The molecular weight excluding hydrogens is 358 g/mol. The van der Waals surface area contributed by atoms with Gasteiger partial charge in [-0.25, -0.2) is 4.79 Å². The Morgan fingerprint density at radius 3 is 2.43 bits per heavy atom. The van der Waals surface area contributed by atoms with Crippen molar-refractivity contribution in [3.8, 4) is 0 Å². The molecule has 7 heteroatoms. The number of hydrogen-bond acceptors (Lipinski definition) is 4. The molecule has 0 saturated heterocycles. The Bertz CT molecular complexity index is 1010. The molecule has 0 saturated carbocycles. The van der Waals surface area contributed by atoms with Gasteiger partial charge in [-0.3, -0.25) is 9.59 Å². The SMILES string of the molecule is Cc1[nH]c2ccccc2c1C(=O)OCC(=O)N(CCC(N)=O)c1ccccc1. The predicted molar refractivity (Wildman–Crippen MR) is 106 cm³/mol. The molecule has 0 radical (unpaired) electrons. The van der Waals surface area contributed by atoms with Crippen LogP contribution in [0.2, 0.25) is 0 Å². The highest BCUT2D eigenvalue weighted by atomic mass is 16.5. The maximum atomic E-state index is 12.7. The molecule has 1 heterocycles. The van der Waals surface area contributed by atoms with Gasteiger partial charge < -0.3 is 20.4 Å². The van der Waals surface area contributed by atoms with Crippen LogP contribution < -0.4 is 10.6 Å². The Labute approximate surface area is 162 Å². The lowest BCUT2D eigenvalue weighted by Crippen LogP contribution is -2.37. The van der Waals surface area contributed by atoms with E-state index in [1.165, 1.54) is 4.90 Å². The van der Waals surface area contributed by atoms with Crippen LogP contribution in [-0.4, -0.2) is 35.9 Å². The van der Waals surface area contributed by atoms with Crippen LogP contribution in [0.25, 0.3) is 10.9 Å². The van der Waals surface area contributed by atoms with E-state index in [1.807, 2.05) is 30.3 Å². The number of fused-ring (bicyclic) bond motifs is 1. The fourth-order valence-corrected chi connectivity index (χ4v) is 3.04. The van der Waals surface area contributed by atoms with Gasteiger partial charge in [-0.2, -0.15) is 0 Å². The van der Waals surface area contributed by atoms with E-state index < -0.39 is 24.4 Å². The quantitative estimate of drug-likeness (QED) is 0.615. The van der Waals surface area contributed by atoms with Crippen LogP contribution in [0.1, 0.15) is 22.5 Å². The van der Waals surface area contributed by atoms with E-state index in [-0.39, 0.29) is 13.0 Å². The normalized spacial score (nSPS) is 10.6. The van der Waals surface area contributed by atoms with Crippen molar-refractivity contribution in [2.75, 3.05) is 18.1 Å². The molecule has 3 rings (SSSR count). The number of para-hydroxylation sites is 2. The van der Waals surface area contributed by atoms with Gasteiger partial charge in [-0.1, -0.05) is 36.4 Å². The first-order chi connectivity index (χ1) is 13.5. The Hall–Kier alpha value is -3.61. The third-order valence-corrected chi connectivity index (χ3v) is 4.38. The first kappa shape index (κ1) is 19.2. The smallest absolute Gasteiger partial charge is 0.341 e. The number of benzene rings is 2. The highest BCUT2D eigenvalue weighted by molar-refractivity contribution is 6.06. The average Bonchev–Trinajstić information content (AvgIpc) is 3.02. The number of rotatable bonds is 7. The Morgan fingerprint density at radius 2 is 1.71 bits per heavy atom. The number of aromatic amines is 1. The van der Waals surface area contributed by atoms with E-state index in [2.05, 4.69) is 4.98 Å². The van der Waals surface area contributed by atoms with Crippen LogP contribution in [0.3, 0.4) is 0 Å². The van der Waals surface area contributed by atoms with Crippen LogP contribution in [0.4, 0.5) is 5.69 Å². The minimum absolute atomic E-state index is 0.0101. The molecule has 0 bridgehead atoms. The number of carbonyl (C=O) groups is 3. The van der Waals surface area contributed by atoms with Crippen LogP contribution in [0.5, 0.6) is 0 Å². The van der Waals surface area contributed by atoms with E-state index in [1.54, 1.807) is 31.2 Å². The van der Waals surface area contributed by atoms with Gasteiger partial charge in [0.05, 0.1) is 5.56 Å². The van der Waals surface area contributed by atoms with Crippen molar-refractivity contribution in [2.24, 2.45) is 5.73 Å². The van der Waals surface area contributed by atoms with E-state index in [9.17, 15) is 14.4 Å². The lowest BCUT2D eigenvalue weighted by atomic mass is 10.1. The molecule has 2 aromatic carbocycles. The number of aryl methyl sites for hydroxylation is 1. The van der Waals surface area contributed by atoms with Gasteiger partial charge in [0.25, 0.3) is 5.91 Å². The monoisotopic (exact) mass is 379 g/mol. The van der Waals surface area contributed by atoms with E-state index >= 15 is 0 Å². The maximum absolute atomic E-state index is 12.7. The van der Waals surface area contributed by atoms with Crippen LogP contribution in [0.15, 0.2) is 54.6 Å². The average molecular weight is 379 g/mol. The van der Waals surface area contributed by atoms with Crippen molar-refractivity contribution in [2.45, 2.75) is 13.3 Å². The van der Waals surface area contributed by atoms with E-state index in [0.29, 0.717) is 16.9 Å². The molecule has 0 fully saturated rings. The molecule has 144 valence electrons. The standard InChI is InChI=1S/C21H21N3O4/c1-14-20(16-9-5-6-10-17(16)23-14)21(27)28-13-19(26)24(12-11-18(22)25)15-7-3-2-4-8-15/h2-10,23H,11-13H2,1H3,(H2,22,25). The summed E-state index contributed by atoms with van der Waals surface area (Å²) in [5, 5.41) is 0.742. The van der Waals surface area contributed by atoms with Gasteiger partial charge in [-0.05, 0) is 25.1 Å². The fourth-order valence-electron chi connectivity index (χ4n) is 3.04. The number of H-pyrrole nitrogens is 1. The second-order valence-corrected chi connectivity index (χ2v) is 6.34. The minimum Gasteiger partial charge on any atom is -0.452 e. The number of primary amides is 1. The highest BCUT2D eigenvalue weighted by Gasteiger charge is 2.21. The zero-order valence-corrected chi connectivity index (χ0v) is 15.5. The molecular formula is C21H21N3O4. The van der Waals surface area contributed by atoms with E-state index in [0.717, 1.165) is 10.9 Å². The molecule has 2 amide bonds.